The maximum Gasteiger partial charge on any atom is 0.264 e. The summed E-state index contributed by atoms with van der Waals surface area (Å²) in [4.78, 5) is 0. The molecule has 0 fully saturated rings. The predicted octanol–water partition coefficient (Wildman–Crippen LogP) is 4.27. The lowest BCUT2D eigenvalue weighted by molar-refractivity contribution is 0.175. The Morgan fingerprint density at radius 1 is 1.08 bits per heavy atom. The van der Waals surface area contributed by atoms with Crippen LogP contribution in [0.1, 0.15) is 13.3 Å². The van der Waals surface area contributed by atoms with E-state index >= 15 is 0 Å². The predicted molar refractivity (Wildman–Crippen MR) is 93.5 cm³/mol. The first-order valence-corrected chi connectivity index (χ1v) is 9.56. The Labute approximate surface area is 147 Å². The average molecular weight is 371 g/mol. The minimum absolute atomic E-state index is 0.0580. The standard InChI is InChI=1S/C17H19ClO5S/c1-13(10-11-21-24(2,19)20)22-16-9-8-14(18)12-17(16)23-15-6-4-3-5-7-15/h3-9,12-13H,10-11H2,1-2H3. The van der Waals surface area contributed by atoms with Crippen LogP contribution in [0.25, 0.3) is 0 Å². The molecular weight excluding hydrogens is 352 g/mol. The van der Waals surface area contributed by atoms with Crippen LogP contribution in [0.2, 0.25) is 5.02 Å². The highest BCUT2D eigenvalue weighted by Gasteiger charge is 2.12. The molecule has 0 aliphatic heterocycles. The van der Waals surface area contributed by atoms with Crippen LogP contribution in [-0.4, -0.2) is 27.4 Å². The van der Waals surface area contributed by atoms with Gasteiger partial charge in [0.05, 0.1) is 19.0 Å². The highest BCUT2D eigenvalue weighted by Crippen LogP contribution is 2.34. The van der Waals surface area contributed by atoms with Crippen LogP contribution in [0.15, 0.2) is 48.5 Å². The van der Waals surface area contributed by atoms with E-state index in [1.807, 2.05) is 37.3 Å². The third-order valence-corrected chi connectivity index (χ3v) is 3.86. The zero-order chi connectivity index (χ0) is 17.6. The highest BCUT2D eigenvalue weighted by molar-refractivity contribution is 7.85. The van der Waals surface area contributed by atoms with Crippen LogP contribution in [0, 0.1) is 0 Å². The van der Waals surface area contributed by atoms with Crippen molar-refractivity contribution in [3.63, 3.8) is 0 Å². The first-order chi connectivity index (χ1) is 11.3. The Bertz CT molecular complexity index is 762. The van der Waals surface area contributed by atoms with E-state index in [2.05, 4.69) is 0 Å². The molecule has 0 amide bonds. The minimum Gasteiger partial charge on any atom is -0.487 e. The maximum atomic E-state index is 11.0. The molecule has 0 N–H and O–H groups in total. The lowest BCUT2D eigenvalue weighted by atomic mass is 10.2. The molecule has 0 heterocycles. The van der Waals surface area contributed by atoms with Crippen LogP contribution >= 0.6 is 11.6 Å². The van der Waals surface area contributed by atoms with Gasteiger partial charge in [0, 0.05) is 17.5 Å². The van der Waals surface area contributed by atoms with Crippen molar-refractivity contribution >= 4 is 21.7 Å². The van der Waals surface area contributed by atoms with Gasteiger partial charge in [-0.3, -0.25) is 4.18 Å². The number of halogens is 1. The second-order valence-corrected chi connectivity index (χ2v) is 7.33. The van der Waals surface area contributed by atoms with Crippen molar-refractivity contribution in [2.24, 2.45) is 0 Å². The van der Waals surface area contributed by atoms with Crippen molar-refractivity contribution in [3.05, 3.63) is 53.6 Å². The number of hydrogen-bond acceptors (Lipinski definition) is 5. The third-order valence-electron chi connectivity index (χ3n) is 3.03. The molecule has 0 aliphatic rings. The summed E-state index contributed by atoms with van der Waals surface area (Å²) in [5.41, 5.74) is 0. The van der Waals surface area contributed by atoms with Crippen LogP contribution in [0.5, 0.6) is 17.2 Å². The molecule has 5 nitrogen and oxygen atoms in total. The van der Waals surface area contributed by atoms with E-state index in [9.17, 15) is 8.42 Å². The fourth-order valence-corrected chi connectivity index (χ4v) is 2.48. The minimum atomic E-state index is -3.44. The molecule has 0 radical (unpaired) electrons. The van der Waals surface area contributed by atoms with Crippen molar-refractivity contribution in [1.82, 2.24) is 0 Å². The number of para-hydroxylation sites is 1. The molecule has 0 aliphatic carbocycles. The van der Waals surface area contributed by atoms with E-state index in [0.717, 1.165) is 6.26 Å². The summed E-state index contributed by atoms with van der Waals surface area (Å²) in [5.74, 6) is 1.68. The van der Waals surface area contributed by atoms with Gasteiger partial charge in [0.15, 0.2) is 11.5 Å². The summed E-state index contributed by atoms with van der Waals surface area (Å²) in [5, 5.41) is 0.529. The molecule has 0 saturated carbocycles. The third kappa shape index (κ3) is 6.39. The number of rotatable bonds is 8. The number of benzene rings is 2. The van der Waals surface area contributed by atoms with E-state index in [1.165, 1.54) is 0 Å². The summed E-state index contributed by atoms with van der Waals surface area (Å²) >= 11 is 6.03. The molecular formula is C17H19ClO5S. The first kappa shape index (κ1) is 18.6. The second-order valence-electron chi connectivity index (χ2n) is 5.25. The normalized spacial score (nSPS) is 12.6. The first-order valence-electron chi connectivity index (χ1n) is 7.37. The Morgan fingerprint density at radius 3 is 2.46 bits per heavy atom. The fourth-order valence-electron chi connectivity index (χ4n) is 1.92. The molecule has 0 aromatic heterocycles. The van der Waals surface area contributed by atoms with Crippen molar-refractivity contribution < 1.29 is 22.1 Å². The molecule has 2 rings (SSSR count). The molecule has 24 heavy (non-hydrogen) atoms. The highest BCUT2D eigenvalue weighted by atomic mass is 35.5. The monoisotopic (exact) mass is 370 g/mol. The summed E-state index contributed by atoms with van der Waals surface area (Å²) in [6.45, 7) is 1.88. The Balaban J connectivity index is 2.04. The van der Waals surface area contributed by atoms with Gasteiger partial charge >= 0.3 is 0 Å². The van der Waals surface area contributed by atoms with E-state index in [-0.39, 0.29) is 12.7 Å². The molecule has 0 saturated heterocycles. The van der Waals surface area contributed by atoms with E-state index in [0.29, 0.717) is 28.7 Å². The van der Waals surface area contributed by atoms with Crippen LogP contribution < -0.4 is 9.47 Å². The second kappa shape index (κ2) is 8.37. The summed E-state index contributed by atoms with van der Waals surface area (Å²) in [7, 11) is -3.44. The van der Waals surface area contributed by atoms with Crippen molar-refractivity contribution in [2.45, 2.75) is 19.4 Å². The van der Waals surface area contributed by atoms with Crippen molar-refractivity contribution in [1.29, 1.82) is 0 Å². The smallest absolute Gasteiger partial charge is 0.264 e. The van der Waals surface area contributed by atoms with Gasteiger partial charge in [-0.2, -0.15) is 8.42 Å². The molecule has 7 heteroatoms. The van der Waals surface area contributed by atoms with E-state index in [4.69, 9.17) is 25.3 Å². The maximum absolute atomic E-state index is 11.0. The fraction of sp³-hybridized carbons (Fsp3) is 0.294. The Kier molecular flexibility index (Phi) is 6.48. The average Bonchev–Trinajstić information content (AvgIpc) is 2.50. The van der Waals surface area contributed by atoms with Gasteiger partial charge in [-0.1, -0.05) is 29.8 Å². The van der Waals surface area contributed by atoms with Crippen LogP contribution in [0.4, 0.5) is 0 Å². The quantitative estimate of drug-likeness (QED) is 0.649. The summed E-state index contributed by atoms with van der Waals surface area (Å²) < 4.78 is 38.3. The topological polar surface area (TPSA) is 61.8 Å². The van der Waals surface area contributed by atoms with Gasteiger partial charge in [0.2, 0.25) is 0 Å². The molecule has 1 atom stereocenters. The molecule has 0 bridgehead atoms. The Morgan fingerprint density at radius 2 is 1.79 bits per heavy atom. The van der Waals surface area contributed by atoms with Crippen LogP contribution in [-0.2, 0) is 14.3 Å². The molecule has 130 valence electrons. The lowest BCUT2D eigenvalue weighted by Crippen LogP contribution is -2.16. The zero-order valence-corrected chi connectivity index (χ0v) is 15.0. The van der Waals surface area contributed by atoms with Gasteiger partial charge in [-0.05, 0) is 31.2 Å². The molecule has 2 aromatic rings. The van der Waals surface area contributed by atoms with Gasteiger partial charge < -0.3 is 9.47 Å². The largest absolute Gasteiger partial charge is 0.487 e. The SMILES string of the molecule is CC(CCOS(C)(=O)=O)Oc1ccc(Cl)cc1Oc1ccccc1. The van der Waals surface area contributed by atoms with Gasteiger partial charge in [0.25, 0.3) is 10.1 Å². The van der Waals surface area contributed by atoms with Gasteiger partial charge in [-0.25, -0.2) is 0 Å². The van der Waals surface area contributed by atoms with E-state index < -0.39 is 10.1 Å². The van der Waals surface area contributed by atoms with Crippen LogP contribution in [0.3, 0.4) is 0 Å². The molecule has 2 aromatic carbocycles. The zero-order valence-electron chi connectivity index (χ0n) is 13.4. The lowest BCUT2D eigenvalue weighted by Gasteiger charge is -2.17. The molecule has 0 spiro atoms. The summed E-state index contributed by atoms with van der Waals surface area (Å²) in [6, 6.07) is 14.4. The molecule has 1 unspecified atom stereocenters. The van der Waals surface area contributed by atoms with E-state index in [1.54, 1.807) is 18.2 Å². The van der Waals surface area contributed by atoms with Crippen molar-refractivity contribution in [2.75, 3.05) is 12.9 Å². The Hall–Kier alpha value is -1.76. The van der Waals surface area contributed by atoms with Crippen molar-refractivity contribution in [3.8, 4) is 17.2 Å². The van der Waals surface area contributed by atoms with Gasteiger partial charge in [0.1, 0.15) is 5.75 Å². The number of ether oxygens (including phenoxy) is 2. The van der Waals surface area contributed by atoms with Gasteiger partial charge in [-0.15, -0.1) is 0 Å². The number of hydrogen-bond donors (Lipinski definition) is 0. The summed E-state index contributed by atoms with van der Waals surface area (Å²) in [6.07, 6.45) is 1.18.